The Bertz CT molecular complexity index is 701. The standard InChI is InChI=1S/C15H15N3O2S/c1-9-4-3-7-17-13(9)15(19)18-11-6-5-10(14(16)21)8-12(11)20-2/h3-8H,1-2H3,(H2,16,21)(H,18,19). The minimum Gasteiger partial charge on any atom is -0.495 e. The van der Waals surface area contributed by atoms with Crippen molar-refractivity contribution in [1.82, 2.24) is 4.98 Å². The Morgan fingerprint density at radius 3 is 2.76 bits per heavy atom. The molecule has 0 spiro atoms. The monoisotopic (exact) mass is 301 g/mol. The first-order chi connectivity index (χ1) is 10.0. The third kappa shape index (κ3) is 3.35. The van der Waals surface area contributed by atoms with Crippen LogP contribution in [0.2, 0.25) is 0 Å². The summed E-state index contributed by atoms with van der Waals surface area (Å²) in [5.74, 6) is 0.191. The predicted molar refractivity (Wildman–Crippen MR) is 85.8 cm³/mol. The van der Waals surface area contributed by atoms with Gasteiger partial charge in [0.25, 0.3) is 5.91 Å². The highest BCUT2D eigenvalue weighted by atomic mass is 32.1. The van der Waals surface area contributed by atoms with Gasteiger partial charge in [-0.1, -0.05) is 18.3 Å². The smallest absolute Gasteiger partial charge is 0.274 e. The van der Waals surface area contributed by atoms with Crippen LogP contribution in [-0.4, -0.2) is 23.0 Å². The molecule has 2 rings (SSSR count). The zero-order valence-electron chi connectivity index (χ0n) is 11.7. The first-order valence-electron chi connectivity index (χ1n) is 6.23. The summed E-state index contributed by atoms with van der Waals surface area (Å²) in [4.78, 5) is 16.6. The number of aromatic nitrogens is 1. The molecule has 0 fully saturated rings. The summed E-state index contributed by atoms with van der Waals surface area (Å²) in [5, 5.41) is 2.77. The highest BCUT2D eigenvalue weighted by molar-refractivity contribution is 7.80. The second-order valence-corrected chi connectivity index (χ2v) is 4.84. The van der Waals surface area contributed by atoms with Crippen LogP contribution >= 0.6 is 12.2 Å². The molecule has 0 aliphatic heterocycles. The second kappa shape index (κ2) is 6.32. The number of nitrogens with zero attached hydrogens (tertiary/aromatic N) is 1. The summed E-state index contributed by atoms with van der Waals surface area (Å²) < 4.78 is 5.25. The van der Waals surface area contributed by atoms with Gasteiger partial charge in [-0.05, 0) is 36.8 Å². The summed E-state index contributed by atoms with van der Waals surface area (Å²) in [6.45, 7) is 1.83. The van der Waals surface area contributed by atoms with Crippen LogP contribution in [0.3, 0.4) is 0 Å². The van der Waals surface area contributed by atoms with Crippen molar-refractivity contribution in [2.24, 2.45) is 5.73 Å². The Hall–Kier alpha value is -2.47. The summed E-state index contributed by atoms with van der Waals surface area (Å²) in [5.41, 5.74) is 7.96. The van der Waals surface area contributed by atoms with Crippen molar-refractivity contribution in [2.75, 3.05) is 12.4 Å². The van der Waals surface area contributed by atoms with Crippen LogP contribution in [0.15, 0.2) is 36.5 Å². The highest BCUT2D eigenvalue weighted by Crippen LogP contribution is 2.26. The SMILES string of the molecule is COc1cc(C(N)=S)ccc1NC(=O)c1ncccc1C. The van der Waals surface area contributed by atoms with Crippen LogP contribution in [0.1, 0.15) is 21.6 Å². The molecule has 5 nitrogen and oxygen atoms in total. The Balaban J connectivity index is 2.29. The minimum absolute atomic E-state index is 0.270. The predicted octanol–water partition coefficient (Wildman–Crippen LogP) is 2.29. The molecule has 0 unspecified atom stereocenters. The Morgan fingerprint density at radius 1 is 1.38 bits per heavy atom. The van der Waals surface area contributed by atoms with Gasteiger partial charge in [0, 0.05) is 11.8 Å². The highest BCUT2D eigenvalue weighted by Gasteiger charge is 2.13. The fraction of sp³-hybridized carbons (Fsp3) is 0.133. The summed E-state index contributed by atoms with van der Waals surface area (Å²) in [7, 11) is 1.51. The van der Waals surface area contributed by atoms with Crippen molar-refractivity contribution in [3.8, 4) is 5.75 Å². The zero-order valence-corrected chi connectivity index (χ0v) is 12.5. The van der Waals surface area contributed by atoms with E-state index in [0.29, 0.717) is 22.7 Å². The summed E-state index contributed by atoms with van der Waals surface area (Å²) in [6, 6.07) is 8.72. The minimum atomic E-state index is -0.297. The summed E-state index contributed by atoms with van der Waals surface area (Å²) in [6.07, 6.45) is 1.58. The van der Waals surface area contributed by atoms with Gasteiger partial charge < -0.3 is 15.8 Å². The van der Waals surface area contributed by atoms with Gasteiger partial charge in [0.05, 0.1) is 12.8 Å². The number of nitrogens with one attached hydrogen (secondary N) is 1. The van der Waals surface area contributed by atoms with Crippen LogP contribution in [0.4, 0.5) is 5.69 Å². The average molecular weight is 301 g/mol. The molecule has 1 aromatic carbocycles. The number of carbonyl (C=O) groups is 1. The number of hydrogen-bond acceptors (Lipinski definition) is 4. The molecule has 0 bridgehead atoms. The Labute approximate surface area is 128 Å². The number of carbonyl (C=O) groups excluding carboxylic acids is 1. The molecular weight excluding hydrogens is 286 g/mol. The number of pyridine rings is 1. The van der Waals surface area contributed by atoms with Gasteiger partial charge in [-0.2, -0.15) is 0 Å². The number of rotatable bonds is 4. The van der Waals surface area contributed by atoms with E-state index in [0.717, 1.165) is 5.56 Å². The van der Waals surface area contributed by atoms with E-state index in [1.165, 1.54) is 7.11 Å². The number of thiocarbonyl (C=S) groups is 1. The van der Waals surface area contributed by atoms with E-state index in [2.05, 4.69) is 10.3 Å². The van der Waals surface area contributed by atoms with Crippen molar-refractivity contribution in [3.05, 3.63) is 53.3 Å². The van der Waals surface area contributed by atoms with Crippen molar-refractivity contribution in [2.45, 2.75) is 6.92 Å². The molecule has 2 aromatic rings. The lowest BCUT2D eigenvalue weighted by Crippen LogP contribution is -2.16. The van der Waals surface area contributed by atoms with Gasteiger partial charge in [-0.15, -0.1) is 0 Å². The number of hydrogen-bond donors (Lipinski definition) is 2. The van der Waals surface area contributed by atoms with E-state index in [9.17, 15) is 4.79 Å². The Morgan fingerprint density at radius 2 is 2.14 bits per heavy atom. The van der Waals surface area contributed by atoms with Crippen LogP contribution in [0.25, 0.3) is 0 Å². The third-order valence-electron chi connectivity index (χ3n) is 2.96. The molecule has 1 aromatic heterocycles. The molecule has 21 heavy (non-hydrogen) atoms. The fourth-order valence-electron chi connectivity index (χ4n) is 1.85. The van der Waals surface area contributed by atoms with E-state index >= 15 is 0 Å². The van der Waals surface area contributed by atoms with Gasteiger partial charge in [0.1, 0.15) is 16.4 Å². The van der Waals surface area contributed by atoms with Crippen LogP contribution < -0.4 is 15.8 Å². The van der Waals surface area contributed by atoms with Gasteiger partial charge in [-0.3, -0.25) is 9.78 Å². The molecule has 0 aliphatic rings. The van der Waals surface area contributed by atoms with Crippen molar-refractivity contribution in [3.63, 3.8) is 0 Å². The van der Waals surface area contributed by atoms with E-state index in [1.807, 2.05) is 13.0 Å². The molecule has 0 atom stereocenters. The van der Waals surface area contributed by atoms with Crippen molar-refractivity contribution in [1.29, 1.82) is 0 Å². The van der Waals surface area contributed by atoms with E-state index in [4.69, 9.17) is 22.7 Å². The molecule has 0 saturated carbocycles. The molecule has 6 heteroatoms. The fourth-order valence-corrected chi connectivity index (χ4v) is 1.98. The molecule has 0 radical (unpaired) electrons. The van der Waals surface area contributed by atoms with Gasteiger partial charge in [0.2, 0.25) is 0 Å². The maximum atomic E-state index is 12.2. The zero-order chi connectivity index (χ0) is 15.4. The van der Waals surface area contributed by atoms with E-state index in [1.54, 1.807) is 30.5 Å². The van der Waals surface area contributed by atoms with Gasteiger partial charge in [0.15, 0.2) is 0 Å². The van der Waals surface area contributed by atoms with Crippen molar-refractivity contribution < 1.29 is 9.53 Å². The number of methoxy groups -OCH3 is 1. The molecular formula is C15H15N3O2S. The average Bonchev–Trinajstić information content (AvgIpc) is 2.47. The summed E-state index contributed by atoms with van der Waals surface area (Å²) >= 11 is 4.92. The number of benzene rings is 1. The number of ether oxygens (including phenoxy) is 1. The van der Waals surface area contributed by atoms with E-state index in [-0.39, 0.29) is 10.9 Å². The lowest BCUT2D eigenvalue weighted by molar-refractivity contribution is 0.102. The first kappa shape index (κ1) is 14.9. The number of aryl methyl sites for hydroxylation is 1. The lowest BCUT2D eigenvalue weighted by atomic mass is 10.1. The lowest BCUT2D eigenvalue weighted by Gasteiger charge is -2.12. The molecule has 108 valence electrons. The number of anilines is 1. The largest absolute Gasteiger partial charge is 0.495 e. The van der Waals surface area contributed by atoms with Crippen molar-refractivity contribution >= 4 is 28.8 Å². The first-order valence-corrected chi connectivity index (χ1v) is 6.64. The third-order valence-corrected chi connectivity index (χ3v) is 3.19. The van der Waals surface area contributed by atoms with E-state index < -0.39 is 0 Å². The van der Waals surface area contributed by atoms with Crippen LogP contribution in [-0.2, 0) is 0 Å². The second-order valence-electron chi connectivity index (χ2n) is 4.40. The Kier molecular flexibility index (Phi) is 4.49. The van der Waals surface area contributed by atoms with Gasteiger partial charge in [-0.25, -0.2) is 0 Å². The molecule has 1 amide bonds. The molecule has 3 N–H and O–H groups in total. The molecule has 1 heterocycles. The number of amides is 1. The topological polar surface area (TPSA) is 77.2 Å². The maximum absolute atomic E-state index is 12.2. The normalized spacial score (nSPS) is 10.0. The van der Waals surface area contributed by atoms with Crippen LogP contribution in [0.5, 0.6) is 5.75 Å². The quantitative estimate of drug-likeness (QED) is 0.847. The van der Waals surface area contributed by atoms with Crippen LogP contribution in [0, 0.1) is 6.92 Å². The molecule has 0 aliphatic carbocycles. The van der Waals surface area contributed by atoms with Gasteiger partial charge >= 0.3 is 0 Å². The molecule has 0 saturated heterocycles. The number of nitrogens with two attached hydrogens (primary N) is 1. The maximum Gasteiger partial charge on any atom is 0.274 e.